The molecule has 1 aromatic carbocycles. The number of rotatable bonds is 1. The summed E-state index contributed by atoms with van der Waals surface area (Å²) in [7, 11) is 0. The number of aryl methyl sites for hydroxylation is 2. The van der Waals surface area contributed by atoms with Crippen molar-refractivity contribution in [2.45, 2.75) is 70.5 Å². The zero-order chi connectivity index (χ0) is 17.3. The van der Waals surface area contributed by atoms with Gasteiger partial charge in [0.15, 0.2) is 0 Å². The fourth-order valence-corrected chi connectivity index (χ4v) is 3.80. The molecule has 0 spiro atoms. The van der Waals surface area contributed by atoms with E-state index in [9.17, 15) is 9.90 Å². The number of aliphatic hydroxyl groups excluding tert-OH is 1. The van der Waals surface area contributed by atoms with Crippen molar-refractivity contribution in [1.29, 1.82) is 0 Å². The number of hydrogen-bond donors (Lipinski definition) is 1. The summed E-state index contributed by atoms with van der Waals surface area (Å²) in [5.41, 5.74) is 3.62. The Labute approximate surface area is 144 Å². The lowest BCUT2D eigenvalue weighted by atomic mass is 9.83. The molecule has 4 nitrogen and oxygen atoms in total. The number of carbonyl (C=O) groups excluding carboxylic acids is 1. The molecule has 1 saturated heterocycles. The quantitative estimate of drug-likeness (QED) is 0.854. The first-order valence-electron chi connectivity index (χ1n) is 9.11. The Kier molecular flexibility index (Phi) is 4.86. The van der Waals surface area contributed by atoms with E-state index in [1.165, 1.54) is 36.0 Å². The largest absolute Gasteiger partial charge is 0.444 e. The third-order valence-corrected chi connectivity index (χ3v) is 5.03. The molecular formula is C20H29NO3. The van der Waals surface area contributed by atoms with Crippen LogP contribution in [-0.2, 0) is 17.6 Å². The number of β-amino-alcohol motifs (C(OH)–C–C–N with tert-alkyl or cyclic N) is 1. The minimum atomic E-state index is -0.534. The first-order valence-corrected chi connectivity index (χ1v) is 9.11. The van der Waals surface area contributed by atoms with E-state index in [0.717, 1.165) is 12.8 Å². The van der Waals surface area contributed by atoms with Gasteiger partial charge >= 0.3 is 6.09 Å². The molecule has 132 valence electrons. The van der Waals surface area contributed by atoms with E-state index >= 15 is 0 Å². The third kappa shape index (κ3) is 3.92. The van der Waals surface area contributed by atoms with E-state index < -0.39 is 11.7 Å². The second kappa shape index (κ2) is 6.75. The summed E-state index contributed by atoms with van der Waals surface area (Å²) in [6.07, 6.45) is 4.78. The van der Waals surface area contributed by atoms with Crippen LogP contribution in [0.1, 0.15) is 62.6 Å². The first-order chi connectivity index (χ1) is 11.3. The molecule has 1 fully saturated rings. The summed E-state index contributed by atoms with van der Waals surface area (Å²) in [4.78, 5) is 13.8. The summed E-state index contributed by atoms with van der Waals surface area (Å²) >= 11 is 0. The lowest BCUT2D eigenvalue weighted by Gasteiger charge is -2.37. The smallest absolute Gasteiger partial charge is 0.410 e. The van der Waals surface area contributed by atoms with Crippen LogP contribution in [0.3, 0.4) is 0 Å². The predicted octanol–water partition coefficient (Wildman–Crippen LogP) is 3.65. The Morgan fingerprint density at radius 3 is 2.58 bits per heavy atom. The molecule has 2 aliphatic rings. The fourth-order valence-electron chi connectivity index (χ4n) is 3.80. The van der Waals surface area contributed by atoms with Gasteiger partial charge in [-0.15, -0.1) is 0 Å². The zero-order valence-electron chi connectivity index (χ0n) is 15.0. The minimum absolute atomic E-state index is 0.107. The topological polar surface area (TPSA) is 49.8 Å². The Balaban J connectivity index is 1.67. The van der Waals surface area contributed by atoms with Crippen LogP contribution in [0.5, 0.6) is 0 Å². The number of nitrogens with zero attached hydrogens (tertiary/aromatic N) is 1. The van der Waals surface area contributed by atoms with Crippen LogP contribution >= 0.6 is 0 Å². The van der Waals surface area contributed by atoms with Crippen LogP contribution in [0.15, 0.2) is 18.2 Å². The van der Waals surface area contributed by atoms with Crippen molar-refractivity contribution in [3.63, 3.8) is 0 Å². The number of ether oxygens (including phenoxy) is 1. The highest BCUT2D eigenvalue weighted by Gasteiger charge is 2.33. The summed E-state index contributed by atoms with van der Waals surface area (Å²) in [6.45, 7) is 6.56. The highest BCUT2D eigenvalue weighted by atomic mass is 16.6. The summed E-state index contributed by atoms with van der Waals surface area (Å²) in [6, 6.07) is 6.68. The van der Waals surface area contributed by atoms with Gasteiger partial charge in [-0.1, -0.05) is 18.2 Å². The summed E-state index contributed by atoms with van der Waals surface area (Å²) in [5.74, 6) is 0.107. The van der Waals surface area contributed by atoms with Gasteiger partial charge in [-0.3, -0.25) is 0 Å². The van der Waals surface area contributed by atoms with Crippen LogP contribution in [0.4, 0.5) is 4.79 Å². The Hall–Kier alpha value is -1.55. The van der Waals surface area contributed by atoms with Gasteiger partial charge in [-0.2, -0.15) is 0 Å². The van der Waals surface area contributed by atoms with Gasteiger partial charge in [0.1, 0.15) is 5.60 Å². The number of fused-ring (bicyclic) bond motifs is 1. The standard InChI is InChI=1S/C20H29NO3/c1-20(2,3)24-19(23)21-11-10-17(18(22)13-21)16-9-8-14-6-4-5-7-15(14)12-16/h8-9,12,17-18,22H,4-7,10-11,13H2,1-3H3. The fraction of sp³-hybridized carbons (Fsp3) is 0.650. The van der Waals surface area contributed by atoms with Gasteiger partial charge in [0.05, 0.1) is 12.6 Å². The Morgan fingerprint density at radius 2 is 1.92 bits per heavy atom. The summed E-state index contributed by atoms with van der Waals surface area (Å²) < 4.78 is 5.42. The van der Waals surface area contributed by atoms with Crippen LogP contribution in [-0.4, -0.2) is 40.9 Å². The summed E-state index contributed by atoms with van der Waals surface area (Å²) in [5, 5.41) is 10.6. The van der Waals surface area contributed by atoms with Crippen molar-refractivity contribution in [1.82, 2.24) is 4.90 Å². The maximum atomic E-state index is 12.2. The predicted molar refractivity (Wildman–Crippen MR) is 94.3 cm³/mol. The van der Waals surface area contributed by atoms with Gasteiger partial charge in [-0.25, -0.2) is 4.79 Å². The maximum absolute atomic E-state index is 12.2. The molecule has 0 saturated carbocycles. The SMILES string of the molecule is CC(C)(C)OC(=O)N1CCC(c2ccc3c(c2)CCCC3)C(O)C1. The van der Waals surface area contributed by atoms with Gasteiger partial charge in [-0.05, 0) is 69.6 Å². The lowest BCUT2D eigenvalue weighted by molar-refractivity contribution is -0.00152. The van der Waals surface area contributed by atoms with Crippen LogP contribution in [0.2, 0.25) is 0 Å². The number of aliphatic hydroxyl groups is 1. The molecule has 0 radical (unpaired) electrons. The van der Waals surface area contributed by atoms with E-state index in [4.69, 9.17) is 4.74 Å². The maximum Gasteiger partial charge on any atom is 0.410 e. The van der Waals surface area contributed by atoms with Crippen molar-refractivity contribution in [3.8, 4) is 0 Å². The lowest BCUT2D eigenvalue weighted by Crippen LogP contribution is -2.47. The molecule has 0 bridgehead atoms. The zero-order valence-corrected chi connectivity index (χ0v) is 15.0. The number of piperidine rings is 1. The molecule has 4 heteroatoms. The average molecular weight is 331 g/mol. The molecule has 24 heavy (non-hydrogen) atoms. The minimum Gasteiger partial charge on any atom is -0.444 e. The third-order valence-electron chi connectivity index (χ3n) is 5.03. The number of carbonyl (C=O) groups is 1. The van der Waals surface area contributed by atoms with E-state index in [-0.39, 0.29) is 12.0 Å². The molecular weight excluding hydrogens is 302 g/mol. The molecule has 1 N–H and O–H groups in total. The van der Waals surface area contributed by atoms with Crippen molar-refractivity contribution in [2.75, 3.05) is 13.1 Å². The Morgan fingerprint density at radius 1 is 1.21 bits per heavy atom. The molecule has 2 unspecified atom stereocenters. The van der Waals surface area contributed by atoms with Crippen molar-refractivity contribution in [3.05, 3.63) is 34.9 Å². The average Bonchev–Trinajstić information content (AvgIpc) is 2.52. The van der Waals surface area contributed by atoms with Gasteiger partial charge in [0, 0.05) is 12.5 Å². The molecule has 1 aromatic rings. The van der Waals surface area contributed by atoms with E-state index in [2.05, 4.69) is 18.2 Å². The van der Waals surface area contributed by atoms with Gasteiger partial charge in [0.25, 0.3) is 0 Å². The number of benzene rings is 1. The highest BCUT2D eigenvalue weighted by Crippen LogP contribution is 2.32. The van der Waals surface area contributed by atoms with E-state index in [1.807, 2.05) is 20.8 Å². The first kappa shape index (κ1) is 17.3. The van der Waals surface area contributed by atoms with Crippen molar-refractivity contribution >= 4 is 6.09 Å². The van der Waals surface area contributed by atoms with Gasteiger partial charge in [0.2, 0.25) is 0 Å². The molecule has 1 aliphatic heterocycles. The molecule has 1 heterocycles. The molecule has 1 aliphatic carbocycles. The second-order valence-corrected chi connectivity index (χ2v) is 8.12. The normalized spacial score (nSPS) is 24.4. The van der Waals surface area contributed by atoms with E-state index in [0.29, 0.717) is 13.1 Å². The molecule has 2 atom stereocenters. The number of hydrogen-bond acceptors (Lipinski definition) is 3. The molecule has 0 aromatic heterocycles. The number of likely N-dealkylation sites (tertiary alicyclic amines) is 1. The van der Waals surface area contributed by atoms with Crippen molar-refractivity contribution < 1.29 is 14.6 Å². The number of amides is 1. The van der Waals surface area contributed by atoms with Crippen LogP contribution in [0, 0.1) is 0 Å². The van der Waals surface area contributed by atoms with E-state index in [1.54, 1.807) is 4.90 Å². The van der Waals surface area contributed by atoms with Crippen molar-refractivity contribution in [2.24, 2.45) is 0 Å². The van der Waals surface area contributed by atoms with Crippen LogP contribution in [0.25, 0.3) is 0 Å². The molecule has 1 amide bonds. The van der Waals surface area contributed by atoms with Gasteiger partial charge < -0.3 is 14.7 Å². The highest BCUT2D eigenvalue weighted by molar-refractivity contribution is 5.68. The second-order valence-electron chi connectivity index (χ2n) is 8.12. The Bertz CT molecular complexity index is 605. The monoisotopic (exact) mass is 331 g/mol. The van der Waals surface area contributed by atoms with Crippen LogP contribution < -0.4 is 0 Å². The molecule has 3 rings (SSSR count).